The Morgan fingerprint density at radius 2 is 1.43 bits per heavy atom. The van der Waals surface area contributed by atoms with Crippen LogP contribution in [-0.2, 0) is 4.74 Å². The molecule has 0 aromatic heterocycles. The van der Waals surface area contributed by atoms with Crippen LogP contribution in [0.15, 0.2) is 0 Å². The van der Waals surface area contributed by atoms with Crippen molar-refractivity contribution in [2.75, 3.05) is 0 Å². The summed E-state index contributed by atoms with van der Waals surface area (Å²) in [5, 5.41) is 0. The van der Waals surface area contributed by atoms with E-state index in [0.717, 1.165) is 11.8 Å². The number of ether oxygens (including phenoxy) is 1. The molecule has 2 aliphatic carbocycles. The van der Waals surface area contributed by atoms with Crippen LogP contribution in [0, 0.1) is 17.3 Å². The van der Waals surface area contributed by atoms with Crippen molar-refractivity contribution < 1.29 is 4.74 Å². The van der Waals surface area contributed by atoms with Gasteiger partial charge < -0.3 is 4.74 Å². The van der Waals surface area contributed by atoms with E-state index >= 15 is 0 Å². The predicted molar refractivity (Wildman–Crippen MR) is 91.6 cm³/mol. The van der Waals surface area contributed by atoms with Crippen LogP contribution in [0.1, 0.15) is 98.8 Å². The molecule has 2 aliphatic rings. The van der Waals surface area contributed by atoms with Gasteiger partial charge in [-0.05, 0) is 76.5 Å². The third kappa shape index (κ3) is 4.47. The molecular weight excluding hydrogens is 256 g/mol. The summed E-state index contributed by atoms with van der Waals surface area (Å²) >= 11 is 0. The Bertz CT molecular complexity index is 314. The summed E-state index contributed by atoms with van der Waals surface area (Å²) in [6, 6.07) is 0. The lowest BCUT2D eigenvalue weighted by Gasteiger charge is -2.43. The van der Waals surface area contributed by atoms with Crippen LogP contribution in [0.2, 0.25) is 0 Å². The molecule has 0 bridgehead atoms. The van der Waals surface area contributed by atoms with E-state index < -0.39 is 0 Å². The van der Waals surface area contributed by atoms with Crippen LogP contribution in [0.5, 0.6) is 0 Å². The lowest BCUT2D eigenvalue weighted by molar-refractivity contribution is -0.0783. The molecule has 124 valence electrons. The highest BCUT2D eigenvalue weighted by molar-refractivity contribution is 4.91. The summed E-state index contributed by atoms with van der Waals surface area (Å²) in [6.07, 6.45) is 14.4. The van der Waals surface area contributed by atoms with E-state index in [0.29, 0.717) is 11.5 Å². The first-order valence-corrected chi connectivity index (χ1v) is 9.51. The summed E-state index contributed by atoms with van der Waals surface area (Å²) in [7, 11) is 0. The molecule has 1 nitrogen and oxygen atoms in total. The third-order valence-corrected chi connectivity index (χ3v) is 6.51. The quantitative estimate of drug-likeness (QED) is 0.548. The van der Waals surface area contributed by atoms with Crippen molar-refractivity contribution in [3.8, 4) is 0 Å². The summed E-state index contributed by atoms with van der Waals surface area (Å²) < 4.78 is 6.27. The second-order valence-corrected chi connectivity index (χ2v) is 8.90. The summed E-state index contributed by atoms with van der Waals surface area (Å²) in [5.74, 6) is 1.87. The van der Waals surface area contributed by atoms with Gasteiger partial charge in [-0.15, -0.1) is 0 Å². The van der Waals surface area contributed by atoms with Crippen LogP contribution < -0.4 is 0 Å². The number of rotatable bonds is 4. The monoisotopic (exact) mass is 294 g/mol. The van der Waals surface area contributed by atoms with Crippen LogP contribution in [0.3, 0.4) is 0 Å². The Kier molecular flexibility index (Phi) is 5.79. The van der Waals surface area contributed by atoms with Crippen molar-refractivity contribution in [2.45, 2.75) is 111 Å². The molecule has 1 heteroatoms. The van der Waals surface area contributed by atoms with Gasteiger partial charge in [0.1, 0.15) is 0 Å². The topological polar surface area (TPSA) is 9.23 Å². The average Bonchev–Trinajstić information content (AvgIpc) is 2.61. The number of hydrogen-bond acceptors (Lipinski definition) is 1. The molecule has 0 aromatic rings. The molecule has 0 aliphatic heterocycles. The van der Waals surface area contributed by atoms with Gasteiger partial charge in [0.05, 0.1) is 11.7 Å². The van der Waals surface area contributed by atoms with E-state index in [1.54, 1.807) is 0 Å². The number of hydrogen-bond donors (Lipinski definition) is 0. The van der Waals surface area contributed by atoms with Crippen LogP contribution >= 0.6 is 0 Å². The fourth-order valence-electron chi connectivity index (χ4n) is 5.08. The SMILES string of the molecule is CC(C)OC1(C)CCCC(C(C)(C)C2CCCCC2)CC1. The first-order chi connectivity index (χ1) is 9.83. The van der Waals surface area contributed by atoms with Gasteiger partial charge in [0.25, 0.3) is 0 Å². The van der Waals surface area contributed by atoms with Gasteiger partial charge in [-0.25, -0.2) is 0 Å². The molecule has 0 amide bonds. The fraction of sp³-hybridized carbons (Fsp3) is 1.00. The highest BCUT2D eigenvalue weighted by Gasteiger charge is 2.40. The Labute approximate surface area is 133 Å². The molecule has 2 rings (SSSR count). The van der Waals surface area contributed by atoms with Crippen molar-refractivity contribution >= 4 is 0 Å². The summed E-state index contributed by atoms with van der Waals surface area (Å²) in [6.45, 7) is 11.8. The molecule has 2 unspecified atom stereocenters. The smallest absolute Gasteiger partial charge is 0.0658 e. The van der Waals surface area contributed by atoms with Crippen LogP contribution in [0.4, 0.5) is 0 Å². The van der Waals surface area contributed by atoms with E-state index in [9.17, 15) is 0 Å². The molecule has 0 saturated heterocycles. The van der Waals surface area contributed by atoms with E-state index in [1.165, 1.54) is 64.2 Å². The zero-order valence-electron chi connectivity index (χ0n) is 15.2. The first-order valence-electron chi connectivity index (χ1n) is 9.51. The van der Waals surface area contributed by atoms with E-state index in [2.05, 4.69) is 34.6 Å². The van der Waals surface area contributed by atoms with E-state index in [4.69, 9.17) is 4.74 Å². The Morgan fingerprint density at radius 1 is 0.857 bits per heavy atom. The molecule has 0 N–H and O–H groups in total. The average molecular weight is 295 g/mol. The van der Waals surface area contributed by atoms with Gasteiger partial charge in [0, 0.05) is 0 Å². The highest BCUT2D eigenvalue weighted by Crippen LogP contribution is 2.49. The fourth-order valence-corrected chi connectivity index (χ4v) is 5.08. The Hall–Kier alpha value is -0.0400. The standard InChI is InChI=1S/C20H38O/c1-16(2)21-20(5)14-9-12-18(13-15-20)19(3,4)17-10-7-6-8-11-17/h16-18H,6-15H2,1-5H3. The normalized spacial score (nSPS) is 33.1. The van der Waals surface area contributed by atoms with Gasteiger partial charge in [0.15, 0.2) is 0 Å². The summed E-state index contributed by atoms with van der Waals surface area (Å²) in [5.41, 5.74) is 0.662. The van der Waals surface area contributed by atoms with Crippen molar-refractivity contribution in [2.24, 2.45) is 17.3 Å². The Morgan fingerprint density at radius 3 is 2.05 bits per heavy atom. The zero-order valence-corrected chi connectivity index (χ0v) is 15.2. The lowest BCUT2D eigenvalue weighted by Crippen LogP contribution is -2.35. The van der Waals surface area contributed by atoms with Crippen molar-refractivity contribution in [1.82, 2.24) is 0 Å². The maximum atomic E-state index is 6.27. The minimum absolute atomic E-state index is 0.131. The maximum absolute atomic E-state index is 6.27. The van der Waals surface area contributed by atoms with Crippen molar-refractivity contribution in [3.63, 3.8) is 0 Å². The van der Waals surface area contributed by atoms with Gasteiger partial charge >= 0.3 is 0 Å². The zero-order chi connectivity index (χ0) is 15.5. The van der Waals surface area contributed by atoms with Crippen molar-refractivity contribution in [1.29, 1.82) is 0 Å². The van der Waals surface area contributed by atoms with Crippen LogP contribution in [0.25, 0.3) is 0 Å². The second kappa shape index (κ2) is 7.02. The second-order valence-electron chi connectivity index (χ2n) is 8.90. The maximum Gasteiger partial charge on any atom is 0.0658 e. The lowest BCUT2D eigenvalue weighted by atomic mass is 9.62. The molecule has 21 heavy (non-hydrogen) atoms. The molecule has 2 saturated carbocycles. The molecular formula is C20H38O. The van der Waals surface area contributed by atoms with Gasteiger partial charge in [-0.2, -0.15) is 0 Å². The van der Waals surface area contributed by atoms with Gasteiger partial charge in [0.2, 0.25) is 0 Å². The molecule has 0 spiro atoms. The molecule has 2 atom stereocenters. The minimum Gasteiger partial charge on any atom is -0.373 e. The molecule has 0 radical (unpaired) electrons. The predicted octanol–water partition coefficient (Wildman–Crippen LogP) is 6.36. The van der Waals surface area contributed by atoms with Crippen molar-refractivity contribution in [3.05, 3.63) is 0 Å². The molecule has 0 heterocycles. The first kappa shape index (κ1) is 17.3. The molecule has 0 aromatic carbocycles. The van der Waals surface area contributed by atoms with E-state index in [1.807, 2.05) is 0 Å². The molecule has 2 fully saturated rings. The largest absolute Gasteiger partial charge is 0.373 e. The minimum atomic E-state index is 0.131. The van der Waals surface area contributed by atoms with Crippen LogP contribution in [-0.4, -0.2) is 11.7 Å². The Balaban J connectivity index is 1.98. The van der Waals surface area contributed by atoms with Gasteiger partial charge in [-0.1, -0.05) is 39.5 Å². The highest BCUT2D eigenvalue weighted by atomic mass is 16.5. The van der Waals surface area contributed by atoms with Gasteiger partial charge in [-0.3, -0.25) is 0 Å². The summed E-state index contributed by atoms with van der Waals surface area (Å²) in [4.78, 5) is 0. The third-order valence-electron chi connectivity index (χ3n) is 6.51. The van der Waals surface area contributed by atoms with E-state index in [-0.39, 0.29) is 5.60 Å².